The first kappa shape index (κ1) is 18.8. The van der Waals surface area contributed by atoms with E-state index in [2.05, 4.69) is 5.32 Å². The molecule has 1 aliphatic carbocycles. The number of carbonyl (C=O) groups excluding carboxylic acids is 1. The average Bonchev–Trinajstić information content (AvgIpc) is 3.44. The summed E-state index contributed by atoms with van der Waals surface area (Å²) in [5.74, 6) is -1.67. The van der Waals surface area contributed by atoms with Crippen LogP contribution in [0.5, 0.6) is 0 Å². The molecular weight excluding hydrogens is 356 g/mol. The number of sulfonamides is 1. The van der Waals surface area contributed by atoms with Gasteiger partial charge in [-0.15, -0.1) is 0 Å². The van der Waals surface area contributed by atoms with E-state index in [1.54, 1.807) is 0 Å². The van der Waals surface area contributed by atoms with Crippen molar-refractivity contribution in [2.45, 2.75) is 56.0 Å². The number of piperidine rings is 1. The normalized spacial score (nSPS) is 22.6. The summed E-state index contributed by atoms with van der Waals surface area (Å²) >= 11 is 0. The molecule has 1 heterocycles. The van der Waals surface area contributed by atoms with E-state index in [1.807, 2.05) is 6.92 Å². The topological polar surface area (TPSA) is 104 Å². The lowest BCUT2D eigenvalue weighted by atomic mass is 10.1. The van der Waals surface area contributed by atoms with E-state index in [0.29, 0.717) is 6.54 Å². The standard InChI is InChI=1S/C18H24N2O5S/c1-12-5-2-3-10-20(12)26(24,25)15-7-4-6-14(11-15)17(21)19-16(18(22)23)13-8-9-13/h4,6-7,11-13,16H,2-3,5,8-10H2,1H3,(H,19,21)(H,22,23). The van der Waals surface area contributed by atoms with Gasteiger partial charge in [0.1, 0.15) is 6.04 Å². The Morgan fingerprint density at radius 3 is 2.58 bits per heavy atom. The van der Waals surface area contributed by atoms with Gasteiger partial charge in [0.15, 0.2) is 0 Å². The van der Waals surface area contributed by atoms with Crippen molar-refractivity contribution in [2.24, 2.45) is 5.92 Å². The molecule has 1 aliphatic heterocycles. The van der Waals surface area contributed by atoms with Crippen LogP contribution in [0.4, 0.5) is 0 Å². The molecule has 2 N–H and O–H groups in total. The van der Waals surface area contributed by atoms with E-state index in [4.69, 9.17) is 0 Å². The van der Waals surface area contributed by atoms with Crippen LogP contribution in [0.2, 0.25) is 0 Å². The lowest BCUT2D eigenvalue weighted by Gasteiger charge is -2.32. The highest BCUT2D eigenvalue weighted by Gasteiger charge is 2.37. The van der Waals surface area contributed by atoms with E-state index < -0.39 is 27.9 Å². The Labute approximate surface area is 153 Å². The number of nitrogens with one attached hydrogen (secondary N) is 1. The predicted molar refractivity (Wildman–Crippen MR) is 95.3 cm³/mol. The van der Waals surface area contributed by atoms with Gasteiger partial charge in [-0.25, -0.2) is 13.2 Å². The fraction of sp³-hybridized carbons (Fsp3) is 0.556. The third-order valence-electron chi connectivity index (χ3n) is 5.09. The zero-order chi connectivity index (χ0) is 18.9. The molecule has 0 bridgehead atoms. The van der Waals surface area contributed by atoms with Gasteiger partial charge in [0.2, 0.25) is 10.0 Å². The maximum Gasteiger partial charge on any atom is 0.326 e. The fourth-order valence-electron chi connectivity index (χ4n) is 3.40. The Hall–Kier alpha value is -1.93. The maximum atomic E-state index is 12.9. The summed E-state index contributed by atoms with van der Waals surface area (Å²) < 4.78 is 27.3. The average molecular weight is 380 g/mol. The number of rotatable bonds is 6. The maximum absolute atomic E-state index is 12.9. The fourth-order valence-corrected chi connectivity index (χ4v) is 5.14. The molecule has 1 aromatic rings. The number of hydrogen-bond donors (Lipinski definition) is 2. The zero-order valence-corrected chi connectivity index (χ0v) is 15.5. The van der Waals surface area contributed by atoms with Gasteiger partial charge in [0.25, 0.3) is 5.91 Å². The minimum Gasteiger partial charge on any atom is -0.480 e. The van der Waals surface area contributed by atoms with Crippen molar-refractivity contribution < 1.29 is 23.1 Å². The van der Waals surface area contributed by atoms with Crippen molar-refractivity contribution in [3.8, 4) is 0 Å². The minimum absolute atomic E-state index is 0.0439. The quantitative estimate of drug-likeness (QED) is 0.784. The van der Waals surface area contributed by atoms with Gasteiger partial charge in [-0.2, -0.15) is 4.31 Å². The molecule has 2 aliphatic rings. The van der Waals surface area contributed by atoms with Crippen molar-refractivity contribution in [1.29, 1.82) is 0 Å². The number of nitrogens with zero attached hydrogens (tertiary/aromatic N) is 1. The largest absolute Gasteiger partial charge is 0.480 e. The second-order valence-electron chi connectivity index (χ2n) is 7.12. The van der Waals surface area contributed by atoms with Crippen LogP contribution in [0.3, 0.4) is 0 Å². The van der Waals surface area contributed by atoms with E-state index in [9.17, 15) is 23.1 Å². The van der Waals surface area contributed by atoms with Crippen LogP contribution < -0.4 is 5.32 Å². The van der Waals surface area contributed by atoms with Crippen LogP contribution in [0.25, 0.3) is 0 Å². The summed E-state index contributed by atoms with van der Waals surface area (Å²) in [7, 11) is -3.68. The molecule has 1 saturated heterocycles. The number of carbonyl (C=O) groups is 2. The molecule has 8 heteroatoms. The lowest BCUT2D eigenvalue weighted by Crippen LogP contribution is -2.43. The highest BCUT2D eigenvalue weighted by atomic mass is 32.2. The van der Waals surface area contributed by atoms with Gasteiger partial charge < -0.3 is 10.4 Å². The van der Waals surface area contributed by atoms with Crippen LogP contribution in [-0.2, 0) is 14.8 Å². The van der Waals surface area contributed by atoms with Crippen LogP contribution in [0.1, 0.15) is 49.4 Å². The predicted octanol–water partition coefficient (Wildman–Crippen LogP) is 1.84. The first-order chi connectivity index (χ1) is 12.3. The molecule has 1 saturated carbocycles. The minimum atomic E-state index is -3.68. The molecule has 26 heavy (non-hydrogen) atoms. The molecule has 2 unspecified atom stereocenters. The van der Waals surface area contributed by atoms with Gasteiger partial charge in [-0.1, -0.05) is 12.5 Å². The molecule has 0 radical (unpaired) electrons. The van der Waals surface area contributed by atoms with Crippen molar-refractivity contribution in [1.82, 2.24) is 9.62 Å². The van der Waals surface area contributed by atoms with Gasteiger partial charge in [0, 0.05) is 18.2 Å². The second-order valence-corrected chi connectivity index (χ2v) is 9.01. The summed E-state index contributed by atoms with van der Waals surface area (Å²) in [6.07, 6.45) is 4.21. The number of aliphatic carboxylic acids is 1. The molecule has 0 spiro atoms. The van der Waals surface area contributed by atoms with Crippen LogP contribution in [-0.4, -0.2) is 48.3 Å². The SMILES string of the molecule is CC1CCCCN1S(=O)(=O)c1cccc(C(=O)NC(C(=O)O)C2CC2)c1. The Kier molecular flexibility index (Phi) is 5.34. The molecule has 2 atom stereocenters. The van der Waals surface area contributed by atoms with Gasteiger partial charge in [-0.3, -0.25) is 4.79 Å². The third kappa shape index (κ3) is 3.91. The number of amides is 1. The van der Waals surface area contributed by atoms with Crippen molar-refractivity contribution in [3.63, 3.8) is 0 Å². The summed E-state index contributed by atoms with van der Waals surface area (Å²) in [6, 6.07) is 4.83. The summed E-state index contributed by atoms with van der Waals surface area (Å²) in [5.41, 5.74) is 0.155. The Bertz CT molecular complexity index is 804. The molecular formula is C18H24N2O5S. The lowest BCUT2D eigenvalue weighted by molar-refractivity contribution is -0.139. The molecule has 3 rings (SSSR count). The molecule has 1 amide bonds. The monoisotopic (exact) mass is 380 g/mol. The highest BCUT2D eigenvalue weighted by molar-refractivity contribution is 7.89. The smallest absolute Gasteiger partial charge is 0.326 e. The van der Waals surface area contributed by atoms with Gasteiger partial charge in [0.05, 0.1) is 4.90 Å². The first-order valence-electron chi connectivity index (χ1n) is 8.96. The molecule has 2 fully saturated rings. The zero-order valence-electron chi connectivity index (χ0n) is 14.7. The number of benzene rings is 1. The van der Waals surface area contributed by atoms with Gasteiger partial charge in [-0.05, 0) is 56.7 Å². The number of hydrogen-bond acceptors (Lipinski definition) is 4. The summed E-state index contributed by atoms with van der Waals surface area (Å²) in [4.78, 5) is 23.8. The van der Waals surface area contributed by atoms with E-state index in [1.165, 1.54) is 28.6 Å². The Morgan fingerprint density at radius 2 is 1.96 bits per heavy atom. The summed E-state index contributed by atoms with van der Waals surface area (Å²) in [6.45, 7) is 2.36. The van der Waals surface area contributed by atoms with Crippen LogP contribution in [0, 0.1) is 5.92 Å². The number of carboxylic acids is 1. The van der Waals surface area contributed by atoms with Crippen LogP contribution >= 0.6 is 0 Å². The van der Waals surface area contributed by atoms with Crippen molar-refractivity contribution >= 4 is 21.9 Å². The van der Waals surface area contributed by atoms with E-state index in [-0.39, 0.29) is 22.4 Å². The number of carboxylic acid groups (broad SMARTS) is 1. The van der Waals surface area contributed by atoms with E-state index in [0.717, 1.165) is 32.1 Å². The van der Waals surface area contributed by atoms with E-state index >= 15 is 0 Å². The Balaban J connectivity index is 1.81. The second kappa shape index (κ2) is 7.36. The molecule has 0 aromatic heterocycles. The highest BCUT2D eigenvalue weighted by Crippen LogP contribution is 2.33. The Morgan fingerprint density at radius 1 is 1.23 bits per heavy atom. The third-order valence-corrected chi connectivity index (χ3v) is 7.10. The molecule has 1 aromatic carbocycles. The molecule has 7 nitrogen and oxygen atoms in total. The van der Waals surface area contributed by atoms with Crippen molar-refractivity contribution in [2.75, 3.05) is 6.54 Å². The molecule has 142 valence electrons. The first-order valence-corrected chi connectivity index (χ1v) is 10.4. The van der Waals surface area contributed by atoms with Gasteiger partial charge >= 0.3 is 5.97 Å². The van der Waals surface area contributed by atoms with Crippen LogP contribution in [0.15, 0.2) is 29.2 Å². The summed E-state index contributed by atoms with van der Waals surface area (Å²) in [5, 5.41) is 11.8. The van der Waals surface area contributed by atoms with Crippen molar-refractivity contribution in [3.05, 3.63) is 29.8 Å².